The van der Waals surface area contributed by atoms with Crippen molar-refractivity contribution in [2.75, 3.05) is 18.1 Å². The van der Waals surface area contributed by atoms with Gasteiger partial charge >= 0.3 is 17.7 Å². The Kier molecular flexibility index (Phi) is 7.13. The number of nitrogen functional groups attached to an aromatic ring is 1. The van der Waals surface area contributed by atoms with Gasteiger partial charge in [-0.25, -0.2) is 13.2 Å². The van der Waals surface area contributed by atoms with Crippen molar-refractivity contribution in [3.05, 3.63) is 34.7 Å². The standard InChI is InChI=1S/C20H25N5O6S/c1-3-5-10-30-19-23-17(21)16-18(24-19)25(20(27)22-16)9-11-32(28,29)14-8-6-7-13(12-14)31-15(26)4-2/h6-8,12H,3-5,9-11H2,1-2H3,(H,22,27)(H2,21,23,24). The summed E-state index contributed by atoms with van der Waals surface area (Å²) in [6.07, 6.45) is 1.88. The lowest BCUT2D eigenvalue weighted by Crippen LogP contribution is -2.22. The largest absolute Gasteiger partial charge is 0.463 e. The number of nitrogens with two attached hydrogens (primary N) is 1. The molecule has 32 heavy (non-hydrogen) atoms. The number of benzene rings is 1. The molecule has 3 aromatic rings. The van der Waals surface area contributed by atoms with Crippen molar-refractivity contribution in [1.29, 1.82) is 0 Å². The predicted molar refractivity (Wildman–Crippen MR) is 117 cm³/mol. The molecular weight excluding hydrogens is 438 g/mol. The third kappa shape index (κ3) is 5.25. The van der Waals surface area contributed by atoms with Gasteiger partial charge in [-0.1, -0.05) is 26.3 Å². The maximum atomic E-state index is 12.8. The monoisotopic (exact) mass is 463 g/mol. The Morgan fingerprint density at radius 2 is 2.03 bits per heavy atom. The first-order valence-corrected chi connectivity index (χ1v) is 11.8. The number of anilines is 1. The predicted octanol–water partition coefficient (Wildman–Crippen LogP) is 1.67. The molecular formula is C20H25N5O6S. The molecule has 11 nitrogen and oxygen atoms in total. The topological polar surface area (TPSA) is 159 Å². The van der Waals surface area contributed by atoms with Crippen LogP contribution >= 0.6 is 0 Å². The number of hydrogen-bond acceptors (Lipinski definition) is 9. The quantitative estimate of drug-likeness (QED) is 0.259. The summed E-state index contributed by atoms with van der Waals surface area (Å²) in [5.41, 5.74) is 5.72. The fourth-order valence-corrected chi connectivity index (χ4v) is 4.11. The van der Waals surface area contributed by atoms with Crippen molar-refractivity contribution in [1.82, 2.24) is 19.5 Å². The molecule has 12 heteroatoms. The van der Waals surface area contributed by atoms with Crippen LogP contribution in [0, 0.1) is 0 Å². The molecule has 0 unspecified atom stereocenters. The molecule has 0 aliphatic heterocycles. The molecule has 0 spiro atoms. The van der Waals surface area contributed by atoms with Crippen molar-refractivity contribution < 1.29 is 22.7 Å². The second-order valence-electron chi connectivity index (χ2n) is 7.00. The van der Waals surface area contributed by atoms with Gasteiger partial charge in [0.25, 0.3) is 0 Å². The average molecular weight is 464 g/mol. The summed E-state index contributed by atoms with van der Waals surface area (Å²) in [4.78, 5) is 34.7. The molecule has 0 bridgehead atoms. The van der Waals surface area contributed by atoms with E-state index < -0.39 is 21.5 Å². The Labute approximate surface area is 184 Å². The van der Waals surface area contributed by atoms with Crippen molar-refractivity contribution in [2.45, 2.75) is 44.6 Å². The fraction of sp³-hybridized carbons (Fsp3) is 0.400. The number of unbranched alkanes of at least 4 members (excludes halogenated alkanes) is 1. The number of nitrogens with one attached hydrogen (secondary N) is 1. The zero-order valence-corrected chi connectivity index (χ0v) is 18.6. The zero-order valence-electron chi connectivity index (χ0n) is 17.8. The summed E-state index contributed by atoms with van der Waals surface area (Å²) in [7, 11) is -3.80. The number of esters is 1. The van der Waals surface area contributed by atoms with Crippen molar-refractivity contribution in [3.8, 4) is 11.8 Å². The van der Waals surface area contributed by atoms with Crippen LogP contribution < -0.4 is 20.9 Å². The van der Waals surface area contributed by atoms with Gasteiger partial charge in [0.2, 0.25) is 0 Å². The van der Waals surface area contributed by atoms with Gasteiger partial charge < -0.3 is 20.2 Å². The van der Waals surface area contributed by atoms with E-state index in [0.29, 0.717) is 6.61 Å². The molecule has 0 saturated heterocycles. The normalized spacial score (nSPS) is 11.6. The summed E-state index contributed by atoms with van der Waals surface area (Å²) in [5, 5.41) is 0. The lowest BCUT2D eigenvalue weighted by Gasteiger charge is -2.09. The highest BCUT2D eigenvalue weighted by Crippen LogP contribution is 2.21. The van der Waals surface area contributed by atoms with Crippen LogP contribution in [0.15, 0.2) is 34.0 Å². The number of aryl methyl sites for hydroxylation is 1. The van der Waals surface area contributed by atoms with Gasteiger partial charge in [-0.15, -0.1) is 0 Å². The minimum absolute atomic E-state index is 0.0181. The van der Waals surface area contributed by atoms with Crippen molar-refractivity contribution in [3.63, 3.8) is 0 Å². The van der Waals surface area contributed by atoms with E-state index in [4.69, 9.17) is 15.2 Å². The lowest BCUT2D eigenvalue weighted by molar-refractivity contribution is -0.134. The molecule has 0 fully saturated rings. The number of ether oxygens (including phenoxy) is 2. The maximum absolute atomic E-state index is 12.8. The molecule has 0 aliphatic rings. The molecule has 0 radical (unpaired) electrons. The Balaban J connectivity index is 1.85. The average Bonchev–Trinajstić information content (AvgIpc) is 3.08. The minimum Gasteiger partial charge on any atom is -0.463 e. The third-order valence-corrected chi connectivity index (χ3v) is 6.32. The number of rotatable bonds is 10. The van der Waals surface area contributed by atoms with Crippen molar-refractivity contribution >= 4 is 32.8 Å². The molecule has 2 aromatic heterocycles. The lowest BCUT2D eigenvalue weighted by atomic mass is 10.3. The maximum Gasteiger partial charge on any atom is 0.327 e. The van der Waals surface area contributed by atoms with E-state index in [2.05, 4.69) is 15.0 Å². The Morgan fingerprint density at radius 3 is 2.75 bits per heavy atom. The Hall–Kier alpha value is -3.41. The Morgan fingerprint density at radius 1 is 1.25 bits per heavy atom. The third-order valence-electron chi connectivity index (χ3n) is 4.63. The van der Waals surface area contributed by atoms with Gasteiger partial charge in [-0.3, -0.25) is 9.36 Å². The van der Waals surface area contributed by atoms with Crippen LogP contribution in [0.1, 0.15) is 33.1 Å². The first-order valence-electron chi connectivity index (χ1n) is 10.2. The van der Waals surface area contributed by atoms with Crippen LogP contribution in [-0.4, -0.2) is 46.3 Å². The van der Waals surface area contributed by atoms with Crippen LogP contribution in [0.2, 0.25) is 0 Å². The highest BCUT2D eigenvalue weighted by Gasteiger charge is 2.20. The number of H-pyrrole nitrogens is 1. The molecule has 0 amide bonds. The first-order chi connectivity index (χ1) is 15.2. The summed E-state index contributed by atoms with van der Waals surface area (Å²) in [6.45, 7) is 3.86. The van der Waals surface area contributed by atoms with Crippen LogP contribution in [0.5, 0.6) is 11.8 Å². The second kappa shape index (κ2) is 9.81. The summed E-state index contributed by atoms with van der Waals surface area (Å²) < 4.78 is 37.4. The second-order valence-corrected chi connectivity index (χ2v) is 9.10. The fourth-order valence-electron chi connectivity index (χ4n) is 2.87. The van der Waals surface area contributed by atoms with Gasteiger partial charge in [0, 0.05) is 13.0 Å². The van der Waals surface area contributed by atoms with Gasteiger partial charge in [-0.2, -0.15) is 9.97 Å². The summed E-state index contributed by atoms with van der Waals surface area (Å²) >= 11 is 0. The highest BCUT2D eigenvalue weighted by atomic mass is 32.2. The molecule has 3 N–H and O–H groups in total. The smallest absolute Gasteiger partial charge is 0.327 e. The number of hydrogen-bond donors (Lipinski definition) is 2. The van der Waals surface area contributed by atoms with E-state index in [1.54, 1.807) is 6.92 Å². The molecule has 0 atom stereocenters. The van der Waals surface area contributed by atoms with Gasteiger partial charge in [0.05, 0.1) is 17.3 Å². The number of aromatic amines is 1. The molecule has 1 aromatic carbocycles. The number of carbonyl (C=O) groups excluding carboxylic acids is 1. The van der Waals surface area contributed by atoms with Crippen LogP contribution in [0.4, 0.5) is 5.82 Å². The molecule has 2 heterocycles. The van der Waals surface area contributed by atoms with Gasteiger partial charge in [0.1, 0.15) is 11.3 Å². The van der Waals surface area contributed by atoms with E-state index in [0.717, 1.165) is 12.8 Å². The molecule has 0 saturated carbocycles. The zero-order chi connectivity index (χ0) is 23.3. The Bertz CT molecular complexity index is 1280. The van der Waals surface area contributed by atoms with E-state index in [-0.39, 0.29) is 52.4 Å². The van der Waals surface area contributed by atoms with Crippen LogP contribution in [0.25, 0.3) is 11.2 Å². The highest BCUT2D eigenvalue weighted by molar-refractivity contribution is 7.91. The molecule has 3 rings (SSSR count). The number of aromatic nitrogens is 4. The summed E-state index contributed by atoms with van der Waals surface area (Å²) in [5.74, 6) is -0.692. The van der Waals surface area contributed by atoms with E-state index in [9.17, 15) is 18.0 Å². The van der Waals surface area contributed by atoms with Gasteiger partial charge in [-0.05, 0) is 24.6 Å². The summed E-state index contributed by atoms with van der Waals surface area (Å²) in [6, 6.07) is 5.68. The first kappa shape index (κ1) is 23.3. The van der Waals surface area contributed by atoms with Gasteiger partial charge in [0.15, 0.2) is 21.3 Å². The van der Waals surface area contributed by atoms with Crippen LogP contribution in [0.3, 0.4) is 0 Å². The molecule has 172 valence electrons. The number of fused-ring (bicyclic) bond motifs is 1. The number of sulfone groups is 1. The molecule has 0 aliphatic carbocycles. The number of imidazole rings is 1. The van der Waals surface area contributed by atoms with E-state index in [1.807, 2.05) is 6.92 Å². The number of nitrogens with zero attached hydrogens (tertiary/aromatic N) is 3. The van der Waals surface area contributed by atoms with Crippen molar-refractivity contribution in [2.24, 2.45) is 0 Å². The van der Waals surface area contributed by atoms with Crippen LogP contribution in [-0.2, 0) is 21.2 Å². The minimum atomic E-state index is -3.80. The van der Waals surface area contributed by atoms with E-state index in [1.165, 1.54) is 28.8 Å². The van der Waals surface area contributed by atoms with E-state index >= 15 is 0 Å². The SMILES string of the molecule is CCCCOc1nc(N)c2[nH]c(=O)n(CCS(=O)(=O)c3cccc(OC(=O)CC)c3)c2n1. The number of carbonyl (C=O) groups is 1.